The van der Waals surface area contributed by atoms with Gasteiger partial charge in [-0.1, -0.05) is 36.9 Å². The molecule has 1 aliphatic rings. The zero-order valence-electron chi connectivity index (χ0n) is 11.0. The van der Waals surface area contributed by atoms with Crippen molar-refractivity contribution >= 4 is 11.7 Å². The molecule has 1 fully saturated rings. The minimum Gasteiger partial charge on any atom is -0.364 e. The summed E-state index contributed by atoms with van der Waals surface area (Å²) >= 11 is 0. The maximum Gasteiger partial charge on any atom is 0.306 e. The summed E-state index contributed by atoms with van der Waals surface area (Å²) in [7, 11) is 1.52. The van der Waals surface area contributed by atoms with E-state index in [4.69, 9.17) is 5.73 Å². The molecule has 1 atom stereocenters. The molecule has 1 amide bonds. The molecule has 106 valence electrons. The molecule has 2 rings (SSSR count). The van der Waals surface area contributed by atoms with E-state index in [-0.39, 0.29) is 5.70 Å². The first kappa shape index (κ1) is 14.2. The number of rotatable bonds is 3. The number of hydrogen-bond acceptors (Lipinski definition) is 2. The van der Waals surface area contributed by atoms with Crippen molar-refractivity contribution in [1.29, 1.82) is 0 Å². The highest BCUT2D eigenvalue weighted by molar-refractivity contribution is 5.98. The Morgan fingerprint density at radius 2 is 2.05 bits per heavy atom. The highest BCUT2D eigenvalue weighted by Gasteiger charge is 2.50. The van der Waals surface area contributed by atoms with Crippen molar-refractivity contribution in [1.82, 2.24) is 4.90 Å². The lowest BCUT2D eigenvalue weighted by Crippen LogP contribution is -2.32. The summed E-state index contributed by atoms with van der Waals surface area (Å²) in [5, 5.41) is 0. The number of amides is 1. The van der Waals surface area contributed by atoms with Gasteiger partial charge in [0, 0.05) is 13.5 Å². The van der Waals surface area contributed by atoms with Gasteiger partial charge in [-0.25, -0.2) is 4.99 Å². The Kier molecular flexibility index (Phi) is 3.57. The predicted octanol–water partition coefficient (Wildman–Crippen LogP) is 2.10. The van der Waals surface area contributed by atoms with Gasteiger partial charge >= 0.3 is 5.92 Å². The van der Waals surface area contributed by atoms with E-state index in [1.54, 1.807) is 24.3 Å². The average molecular weight is 279 g/mol. The standard InChI is InChI=1S/C14H15F2N3O/c1-9(12(17)20)18-13-14(15,16)8-11(19(13)2)10-6-4-3-5-7-10/h3-7,11H,1,8H2,2H3,(H2,17,20)/b18-13-. The van der Waals surface area contributed by atoms with Crippen LogP contribution in [0.2, 0.25) is 0 Å². The van der Waals surface area contributed by atoms with E-state index >= 15 is 0 Å². The monoisotopic (exact) mass is 279 g/mol. The third-order valence-corrected chi connectivity index (χ3v) is 3.29. The molecule has 0 aromatic heterocycles. The predicted molar refractivity (Wildman–Crippen MR) is 72.3 cm³/mol. The van der Waals surface area contributed by atoms with Crippen LogP contribution in [0.25, 0.3) is 0 Å². The number of likely N-dealkylation sites (tertiary alicyclic amines) is 1. The minimum absolute atomic E-state index is 0.375. The van der Waals surface area contributed by atoms with E-state index in [2.05, 4.69) is 11.6 Å². The van der Waals surface area contributed by atoms with Crippen molar-refractivity contribution in [2.24, 2.45) is 10.7 Å². The first-order chi connectivity index (χ1) is 9.33. The Morgan fingerprint density at radius 3 is 2.60 bits per heavy atom. The van der Waals surface area contributed by atoms with Gasteiger partial charge in [-0.3, -0.25) is 4.79 Å². The van der Waals surface area contributed by atoms with Crippen LogP contribution in [0.4, 0.5) is 8.78 Å². The molecule has 20 heavy (non-hydrogen) atoms. The Hall–Kier alpha value is -2.24. The molecule has 1 saturated heterocycles. The lowest BCUT2D eigenvalue weighted by atomic mass is 10.0. The van der Waals surface area contributed by atoms with Crippen LogP contribution in [-0.2, 0) is 4.79 Å². The largest absolute Gasteiger partial charge is 0.364 e. The fourth-order valence-corrected chi connectivity index (χ4v) is 2.24. The number of alkyl halides is 2. The Balaban J connectivity index is 2.36. The number of halogens is 2. The van der Waals surface area contributed by atoms with Crippen molar-refractivity contribution in [3.05, 3.63) is 48.2 Å². The summed E-state index contributed by atoms with van der Waals surface area (Å²) in [5.41, 5.74) is 5.38. The zero-order chi connectivity index (χ0) is 14.9. The van der Waals surface area contributed by atoms with Crippen LogP contribution in [0.3, 0.4) is 0 Å². The number of nitrogens with two attached hydrogens (primary N) is 1. The highest BCUT2D eigenvalue weighted by Crippen LogP contribution is 2.41. The number of carbonyl (C=O) groups excluding carboxylic acids is 1. The summed E-state index contributed by atoms with van der Waals surface area (Å²) in [6.07, 6.45) is -0.390. The van der Waals surface area contributed by atoms with E-state index in [9.17, 15) is 13.6 Å². The number of carbonyl (C=O) groups is 1. The molecule has 6 heteroatoms. The number of nitrogens with zero attached hydrogens (tertiary/aromatic N) is 2. The third-order valence-electron chi connectivity index (χ3n) is 3.29. The average Bonchev–Trinajstić information content (AvgIpc) is 2.63. The number of aliphatic imine (C=N–C) groups is 1. The lowest BCUT2D eigenvalue weighted by molar-refractivity contribution is -0.114. The van der Waals surface area contributed by atoms with Crippen molar-refractivity contribution in [2.75, 3.05) is 7.05 Å². The second-order valence-corrected chi connectivity index (χ2v) is 4.69. The van der Waals surface area contributed by atoms with Crippen molar-refractivity contribution in [2.45, 2.75) is 18.4 Å². The molecule has 1 heterocycles. The van der Waals surface area contributed by atoms with E-state index in [1.807, 2.05) is 6.07 Å². The minimum atomic E-state index is -3.12. The van der Waals surface area contributed by atoms with Gasteiger partial charge in [0.15, 0.2) is 5.84 Å². The van der Waals surface area contributed by atoms with Gasteiger partial charge < -0.3 is 10.6 Å². The first-order valence-electron chi connectivity index (χ1n) is 6.06. The molecule has 2 N–H and O–H groups in total. The van der Waals surface area contributed by atoms with Gasteiger partial charge in [-0.05, 0) is 5.56 Å². The Bertz CT molecular complexity index is 569. The Labute approximate surface area is 115 Å². The molecule has 0 radical (unpaired) electrons. The number of amidine groups is 1. The van der Waals surface area contributed by atoms with E-state index < -0.39 is 30.1 Å². The number of primary amides is 1. The fraction of sp³-hybridized carbons (Fsp3) is 0.286. The van der Waals surface area contributed by atoms with Crippen LogP contribution >= 0.6 is 0 Å². The second-order valence-electron chi connectivity index (χ2n) is 4.69. The molecule has 0 saturated carbocycles. The summed E-state index contributed by atoms with van der Waals surface area (Å²) in [4.78, 5) is 15.9. The maximum atomic E-state index is 14.1. The SMILES string of the molecule is C=C(/N=C1\N(C)C(c2ccccc2)CC1(F)F)C(N)=O. The molecule has 0 spiro atoms. The zero-order valence-corrected chi connectivity index (χ0v) is 11.0. The van der Waals surface area contributed by atoms with Gasteiger partial charge in [0.25, 0.3) is 5.91 Å². The van der Waals surface area contributed by atoms with Crippen LogP contribution in [0.1, 0.15) is 18.0 Å². The molecular weight excluding hydrogens is 264 g/mol. The highest BCUT2D eigenvalue weighted by atomic mass is 19.3. The molecule has 0 aliphatic carbocycles. The van der Waals surface area contributed by atoms with Gasteiger partial charge in [-0.2, -0.15) is 8.78 Å². The lowest BCUT2D eigenvalue weighted by Gasteiger charge is -2.21. The van der Waals surface area contributed by atoms with Crippen molar-refractivity contribution in [3.8, 4) is 0 Å². The molecule has 1 aromatic carbocycles. The van der Waals surface area contributed by atoms with Crippen LogP contribution < -0.4 is 5.73 Å². The van der Waals surface area contributed by atoms with Crippen LogP contribution in [0.15, 0.2) is 47.6 Å². The molecule has 0 bridgehead atoms. The summed E-state index contributed by atoms with van der Waals surface area (Å²) in [6.45, 7) is 3.29. The molecule has 1 aliphatic heterocycles. The fourth-order valence-electron chi connectivity index (χ4n) is 2.24. The first-order valence-corrected chi connectivity index (χ1v) is 6.06. The van der Waals surface area contributed by atoms with Crippen molar-refractivity contribution < 1.29 is 13.6 Å². The quantitative estimate of drug-likeness (QED) is 0.861. The third kappa shape index (κ3) is 2.54. The van der Waals surface area contributed by atoms with Gasteiger partial charge in [0.05, 0.1) is 6.04 Å². The van der Waals surface area contributed by atoms with Crippen molar-refractivity contribution in [3.63, 3.8) is 0 Å². The summed E-state index contributed by atoms with van der Waals surface area (Å²) in [6, 6.07) is 8.47. The van der Waals surface area contributed by atoms with Gasteiger partial charge in [-0.15, -0.1) is 0 Å². The van der Waals surface area contributed by atoms with Crippen LogP contribution in [-0.4, -0.2) is 29.6 Å². The van der Waals surface area contributed by atoms with E-state index in [1.165, 1.54) is 11.9 Å². The summed E-state index contributed by atoms with van der Waals surface area (Å²) in [5.74, 6) is -4.51. The van der Waals surface area contributed by atoms with E-state index in [0.29, 0.717) is 0 Å². The molecular formula is C14H15F2N3O. The molecule has 1 aromatic rings. The smallest absolute Gasteiger partial charge is 0.306 e. The van der Waals surface area contributed by atoms with E-state index in [0.717, 1.165) is 5.56 Å². The topological polar surface area (TPSA) is 58.7 Å². The van der Waals surface area contributed by atoms with Crippen LogP contribution in [0.5, 0.6) is 0 Å². The molecule has 4 nitrogen and oxygen atoms in total. The summed E-state index contributed by atoms with van der Waals surface area (Å²) < 4.78 is 28.1. The normalized spacial score (nSPS) is 23.1. The number of hydrogen-bond donors (Lipinski definition) is 1. The van der Waals surface area contributed by atoms with Crippen LogP contribution in [0, 0.1) is 0 Å². The number of benzene rings is 1. The molecule has 1 unspecified atom stereocenters. The van der Waals surface area contributed by atoms with Gasteiger partial charge in [0.2, 0.25) is 0 Å². The van der Waals surface area contributed by atoms with Gasteiger partial charge in [0.1, 0.15) is 5.70 Å². The Morgan fingerprint density at radius 1 is 1.45 bits per heavy atom. The maximum absolute atomic E-state index is 14.1. The second kappa shape index (κ2) is 5.03.